The van der Waals surface area contributed by atoms with Crippen LogP contribution in [-0.4, -0.2) is 23.9 Å². The number of ether oxygens (including phenoxy) is 1. The van der Waals surface area contributed by atoms with Gasteiger partial charge in [0.2, 0.25) is 0 Å². The van der Waals surface area contributed by atoms with Crippen LogP contribution in [0.25, 0.3) is 0 Å². The van der Waals surface area contributed by atoms with Crippen LogP contribution < -0.4 is 14.2 Å². The number of sulfonamides is 2. The van der Waals surface area contributed by atoms with Crippen molar-refractivity contribution in [2.24, 2.45) is 0 Å². The molecule has 152 valence electrons. The summed E-state index contributed by atoms with van der Waals surface area (Å²) in [6.07, 6.45) is 0. The monoisotopic (exact) mass is 452 g/mol. The second-order valence-corrected chi connectivity index (χ2v) is 9.67. The highest BCUT2D eigenvalue weighted by Crippen LogP contribution is 2.26. The van der Waals surface area contributed by atoms with E-state index >= 15 is 0 Å². The third kappa shape index (κ3) is 5.00. The topological polar surface area (TPSA) is 102 Å². The van der Waals surface area contributed by atoms with Gasteiger partial charge in [-0.3, -0.25) is 9.44 Å². The maximum atomic E-state index is 12.7. The lowest BCUT2D eigenvalue weighted by Crippen LogP contribution is -2.15. The van der Waals surface area contributed by atoms with E-state index in [1.807, 2.05) is 0 Å². The molecule has 0 aliphatic heterocycles. The zero-order valence-electron chi connectivity index (χ0n) is 15.2. The van der Waals surface area contributed by atoms with Gasteiger partial charge in [-0.2, -0.15) is 0 Å². The van der Waals surface area contributed by atoms with Gasteiger partial charge in [-0.25, -0.2) is 16.8 Å². The molecule has 0 radical (unpaired) electrons. The van der Waals surface area contributed by atoms with Gasteiger partial charge in [0, 0.05) is 0 Å². The summed E-state index contributed by atoms with van der Waals surface area (Å²) in [6.45, 7) is 0. The molecule has 0 heterocycles. The lowest BCUT2D eigenvalue weighted by atomic mass is 10.3. The van der Waals surface area contributed by atoms with Crippen molar-refractivity contribution in [3.8, 4) is 5.75 Å². The number of anilines is 2. The van der Waals surface area contributed by atoms with Crippen molar-refractivity contribution in [1.29, 1.82) is 0 Å². The molecule has 3 rings (SSSR count). The highest BCUT2D eigenvalue weighted by atomic mass is 35.5. The Balaban J connectivity index is 1.86. The molecule has 10 heteroatoms. The fraction of sp³-hybridized carbons (Fsp3) is 0.0526. The van der Waals surface area contributed by atoms with Gasteiger partial charge in [-0.05, 0) is 54.6 Å². The molecule has 0 fully saturated rings. The first-order chi connectivity index (χ1) is 13.7. The SMILES string of the molecule is COc1ccc(S(=O)(=O)Nc2cccc(S(=O)(=O)Nc3ccccc3Cl)c2)cc1. The van der Waals surface area contributed by atoms with Crippen LogP contribution in [0.2, 0.25) is 5.02 Å². The molecule has 0 atom stereocenters. The number of methoxy groups -OCH3 is 1. The van der Waals surface area contributed by atoms with Crippen LogP contribution in [0.4, 0.5) is 11.4 Å². The van der Waals surface area contributed by atoms with Crippen LogP contribution in [0.3, 0.4) is 0 Å². The molecule has 0 bridgehead atoms. The maximum Gasteiger partial charge on any atom is 0.262 e. The normalized spacial score (nSPS) is 11.7. The molecule has 0 aliphatic carbocycles. The van der Waals surface area contributed by atoms with E-state index in [0.29, 0.717) is 5.75 Å². The summed E-state index contributed by atoms with van der Waals surface area (Å²) in [4.78, 5) is -0.104. The van der Waals surface area contributed by atoms with Crippen molar-refractivity contribution in [3.63, 3.8) is 0 Å². The van der Waals surface area contributed by atoms with E-state index in [1.54, 1.807) is 18.2 Å². The Morgan fingerprint density at radius 2 is 1.41 bits per heavy atom. The van der Waals surface area contributed by atoms with Gasteiger partial charge in [0.25, 0.3) is 20.0 Å². The summed E-state index contributed by atoms with van der Waals surface area (Å²) in [7, 11) is -6.40. The van der Waals surface area contributed by atoms with Gasteiger partial charge in [-0.1, -0.05) is 29.8 Å². The van der Waals surface area contributed by atoms with Gasteiger partial charge >= 0.3 is 0 Å². The Hall–Kier alpha value is -2.75. The minimum atomic E-state index is -3.97. The molecular formula is C19H17ClN2O5S2. The van der Waals surface area contributed by atoms with Gasteiger partial charge in [0.05, 0.1) is 33.3 Å². The first-order valence-electron chi connectivity index (χ1n) is 8.25. The predicted molar refractivity (Wildman–Crippen MR) is 113 cm³/mol. The average molecular weight is 453 g/mol. The number of para-hydroxylation sites is 1. The summed E-state index contributed by atoms with van der Waals surface area (Å²) in [6, 6.07) is 17.7. The van der Waals surface area contributed by atoms with Gasteiger partial charge in [0.1, 0.15) is 5.75 Å². The summed E-state index contributed by atoms with van der Waals surface area (Å²) in [5.74, 6) is 0.516. The van der Waals surface area contributed by atoms with Gasteiger partial charge < -0.3 is 4.74 Å². The van der Waals surface area contributed by atoms with E-state index in [9.17, 15) is 16.8 Å². The van der Waals surface area contributed by atoms with Crippen molar-refractivity contribution < 1.29 is 21.6 Å². The van der Waals surface area contributed by atoms with Gasteiger partial charge in [-0.15, -0.1) is 0 Å². The molecule has 0 aromatic heterocycles. The Morgan fingerprint density at radius 3 is 2.07 bits per heavy atom. The quantitative estimate of drug-likeness (QED) is 0.565. The molecule has 2 N–H and O–H groups in total. The first kappa shape index (κ1) is 21.0. The predicted octanol–water partition coefficient (Wildman–Crippen LogP) is 3.95. The molecule has 0 aliphatic rings. The van der Waals surface area contributed by atoms with Crippen molar-refractivity contribution >= 4 is 43.0 Å². The van der Waals surface area contributed by atoms with Crippen LogP contribution in [0.1, 0.15) is 0 Å². The van der Waals surface area contributed by atoms with Crippen molar-refractivity contribution in [2.45, 2.75) is 9.79 Å². The molecule has 3 aromatic rings. The van der Waals surface area contributed by atoms with Crippen LogP contribution in [-0.2, 0) is 20.0 Å². The molecule has 0 saturated heterocycles. The molecule has 0 amide bonds. The van der Waals surface area contributed by atoms with E-state index in [4.69, 9.17) is 16.3 Å². The number of hydrogen-bond acceptors (Lipinski definition) is 5. The van der Waals surface area contributed by atoms with Crippen LogP contribution in [0.15, 0.2) is 82.6 Å². The van der Waals surface area contributed by atoms with E-state index in [2.05, 4.69) is 9.44 Å². The number of rotatable bonds is 7. The fourth-order valence-corrected chi connectivity index (χ4v) is 4.86. The van der Waals surface area contributed by atoms with Crippen LogP contribution >= 0.6 is 11.6 Å². The third-order valence-corrected chi connectivity index (χ3v) is 6.97. The minimum absolute atomic E-state index is 0.0146. The highest BCUT2D eigenvalue weighted by molar-refractivity contribution is 7.93. The summed E-state index contributed by atoms with van der Waals surface area (Å²) in [5, 5.41) is 0.243. The standard InChI is InChI=1S/C19H17ClN2O5S2/c1-27-15-9-11-16(12-10-15)28(23,24)21-14-5-4-6-17(13-14)29(25,26)22-19-8-3-2-7-18(19)20/h2-13,21-22H,1H3. The zero-order valence-corrected chi connectivity index (χ0v) is 17.6. The molecule has 29 heavy (non-hydrogen) atoms. The lowest BCUT2D eigenvalue weighted by Gasteiger charge is -2.12. The van der Waals surface area contributed by atoms with E-state index in [1.165, 1.54) is 61.7 Å². The molecular weight excluding hydrogens is 436 g/mol. The van der Waals surface area contributed by atoms with Crippen molar-refractivity contribution in [2.75, 3.05) is 16.6 Å². The summed E-state index contributed by atoms with van der Waals surface area (Å²) >= 11 is 6.00. The third-order valence-electron chi connectivity index (χ3n) is 3.88. The highest BCUT2D eigenvalue weighted by Gasteiger charge is 2.19. The van der Waals surface area contributed by atoms with Crippen LogP contribution in [0, 0.1) is 0 Å². The first-order valence-corrected chi connectivity index (χ1v) is 11.6. The Bertz CT molecular complexity index is 1230. The van der Waals surface area contributed by atoms with E-state index in [0.717, 1.165) is 0 Å². The Morgan fingerprint density at radius 1 is 0.759 bits per heavy atom. The van der Waals surface area contributed by atoms with Crippen molar-refractivity contribution in [1.82, 2.24) is 0 Å². The molecule has 3 aromatic carbocycles. The zero-order chi connectivity index (χ0) is 21.1. The van der Waals surface area contributed by atoms with Gasteiger partial charge in [0.15, 0.2) is 0 Å². The second-order valence-electron chi connectivity index (χ2n) is 5.89. The summed E-state index contributed by atoms with van der Waals surface area (Å²) < 4.78 is 60.2. The molecule has 0 saturated carbocycles. The van der Waals surface area contributed by atoms with Crippen LogP contribution in [0.5, 0.6) is 5.75 Å². The molecule has 0 spiro atoms. The average Bonchev–Trinajstić information content (AvgIpc) is 2.69. The molecule has 0 unspecified atom stereocenters. The number of halogens is 1. The second kappa shape index (κ2) is 8.32. The maximum absolute atomic E-state index is 12.7. The smallest absolute Gasteiger partial charge is 0.262 e. The summed E-state index contributed by atoms with van der Waals surface area (Å²) in [5.41, 5.74) is 0.321. The largest absolute Gasteiger partial charge is 0.497 e. The Kier molecular flexibility index (Phi) is 6.02. The van der Waals surface area contributed by atoms with E-state index < -0.39 is 20.0 Å². The lowest BCUT2D eigenvalue weighted by molar-refractivity contribution is 0.414. The van der Waals surface area contributed by atoms with Crippen molar-refractivity contribution in [3.05, 3.63) is 77.8 Å². The number of benzene rings is 3. The van der Waals surface area contributed by atoms with E-state index in [-0.39, 0.29) is 26.2 Å². The number of nitrogens with one attached hydrogen (secondary N) is 2. The minimum Gasteiger partial charge on any atom is -0.497 e. The molecule has 7 nitrogen and oxygen atoms in total. The Labute approximate surface area is 174 Å². The number of hydrogen-bond donors (Lipinski definition) is 2. The fourth-order valence-electron chi connectivity index (χ4n) is 2.44.